The van der Waals surface area contributed by atoms with E-state index in [0.29, 0.717) is 60.8 Å². The van der Waals surface area contributed by atoms with E-state index in [9.17, 15) is 22.8 Å². The number of methoxy groups -OCH3 is 1. The lowest BCUT2D eigenvalue weighted by molar-refractivity contribution is -0.141. The van der Waals surface area contributed by atoms with Crippen molar-refractivity contribution in [2.24, 2.45) is 11.3 Å². The van der Waals surface area contributed by atoms with Gasteiger partial charge < -0.3 is 25.0 Å². The van der Waals surface area contributed by atoms with Gasteiger partial charge in [-0.3, -0.25) is 19.1 Å². The average molecular weight is 949 g/mol. The molecule has 59 heavy (non-hydrogen) atoms. The molecule has 3 heterocycles. The fourth-order valence-corrected chi connectivity index (χ4v) is 9.73. The lowest BCUT2D eigenvalue weighted by Gasteiger charge is -2.35. The maximum atomic E-state index is 14.9. The summed E-state index contributed by atoms with van der Waals surface area (Å²) < 4.78 is 39.7. The standard InChI is InChI=1S/C39H41Cl3N6O7S2.2ClH/c1-6-20-16-39(20,36(51)47-57(52,53)24-9-10-24)46-33(49)30-15-23(55-34-26-13-21(40)7-11-25(26)31(54-5)17-43-34)18-48(30)35(50)32(38(2,3)4)45-37-44-29(19-56-37)27-14-22(41)8-12-28(27)42;;/h6-8,11-14,17,19-20,23-24,30,32H,1,9-10,15-16,18H2,2-5H3,(H,44,45)(H,46,49)(H,47,51);2*1H/t20-,23-,30+,32-,39-;;/m1../s1. The molecule has 4 aromatic rings. The smallest absolute Gasteiger partial charge is 0.259 e. The van der Waals surface area contributed by atoms with Crippen LogP contribution in [-0.2, 0) is 24.4 Å². The third-order valence-corrected chi connectivity index (χ3v) is 13.9. The minimum Gasteiger partial charge on any atom is -0.494 e. The molecule has 5 atom stereocenters. The van der Waals surface area contributed by atoms with Gasteiger partial charge in [0.15, 0.2) is 5.13 Å². The van der Waals surface area contributed by atoms with E-state index < -0.39 is 68.1 Å². The number of nitrogens with one attached hydrogen (secondary N) is 3. The molecule has 0 radical (unpaired) electrons. The highest BCUT2D eigenvalue weighted by atomic mass is 35.5. The number of anilines is 1. The van der Waals surface area contributed by atoms with Crippen LogP contribution in [0.3, 0.4) is 0 Å². The minimum absolute atomic E-state index is 0. The number of carbonyl (C=O) groups excluding carboxylic acids is 3. The molecule has 3 fully saturated rings. The molecule has 2 saturated carbocycles. The number of pyridine rings is 1. The van der Waals surface area contributed by atoms with Crippen molar-refractivity contribution >= 4 is 115 Å². The van der Waals surface area contributed by atoms with Gasteiger partial charge in [0, 0.05) is 44.1 Å². The summed E-state index contributed by atoms with van der Waals surface area (Å²) in [5.74, 6) is -1.70. The van der Waals surface area contributed by atoms with E-state index in [2.05, 4.69) is 26.9 Å². The summed E-state index contributed by atoms with van der Waals surface area (Å²) in [6.07, 6.45) is 3.38. The second kappa shape index (κ2) is 17.8. The molecular formula is C39H43Cl5N6O7S2. The number of nitrogens with zero attached hydrogens (tertiary/aromatic N) is 3. The molecular weight excluding hydrogens is 906 g/mol. The number of hydrogen-bond acceptors (Lipinski definition) is 11. The van der Waals surface area contributed by atoms with Crippen LogP contribution in [0, 0.1) is 11.3 Å². The number of aromatic nitrogens is 2. The number of halogens is 5. The predicted molar refractivity (Wildman–Crippen MR) is 236 cm³/mol. The van der Waals surface area contributed by atoms with E-state index in [1.807, 2.05) is 20.8 Å². The summed E-state index contributed by atoms with van der Waals surface area (Å²) >= 11 is 20.4. The van der Waals surface area contributed by atoms with Gasteiger partial charge in [-0.2, -0.15) is 0 Å². The predicted octanol–water partition coefficient (Wildman–Crippen LogP) is 7.72. The van der Waals surface area contributed by atoms with Crippen molar-refractivity contribution < 1.29 is 32.3 Å². The number of rotatable bonds is 13. The SMILES string of the molecule is C=C[C@@H]1C[C@]1(NC(=O)[C@@H]1C[C@@H](Oc2ncc(OC)c3ccc(Cl)cc23)CN1C(=O)[C@@H](Nc1nc(-c2cc(Cl)ccc2Cl)cs1)C(C)(C)C)C(=O)NS(=O)(=O)C1CC1.Cl.Cl. The number of hydrogen-bond donors (Lipinski definition) is 3. The van der Waals surface area contributed by atoms with Crippen LogP contribution in [0.2, 0.25) is 15.1 Å². The first-order valence-corrected chi connectivity index (χ1v) is 21.8. The molecule has 3 amide bonds. The lowest BCUT2D eigenvalue weighted by Crippen LogP contribution is -2.58. The quantitative estimate of drug-likeness (QED) is 0.113. The van der Waals surface area contributed by atoms with Crippen molar-refractivity contribution in [1.82, 2.24) is 24.9 Å². The van der Waals surface area contributed by atoms with Crippen molar-refractivity contribution in [3.63, 3.8) is 0 Å². The summed E-state index contributed by atoms with van der Waals surface area (Å²) in [6.45, 7) is 9.44. The average Bonchev–Trinajstić information content (AvgIpc) is 4.05. The third kappa shape index (κ3) is 9.66. The van der Waals surface area contributed by atoms with E-state index in [1.165, 1.54) is 35.6 Å². The van der Waals surface area contributed by atoms with E-state index >= 15 is 0 Å². The molecule has 3 aliphatic rings. The minimum atomic E-state index is -3.91. The van der Waals surface area contributed by atoms with Crippen LogP contribution < -0.4 is 24.8 Å². The molecule has 0 spiro atoms. The van der Waals surface area contributed by atoms with Crippen LogP contribution >= 0.6 is 71.0 Å². The van der Waals surface area contributed by atoms with Crippen molar-refractivity contribution in [3.8, 4) is 22.9 Å². The summed E-state index contributed by atoms with van der Waals surface area (Å²) in [6, 6.07) is 8.25. The topological polar surface area (TPSA) is 169 Å². The van der Waals surface area contributed by atoms with Crippen molar-refractivity contribution in [1.29, 1.82) is 0 Å². The molecule has 2 aliphatic carbocycles. The van der Waals surface area contributed by atoms with Crippen LogP contribution in [0.4, 0.5) is 5.13 Å². The molecule has 1 aliphatic heterocycles. The number of ether oxygens (including phenoxy) is 2. The van der Waals surface area contributed by atoms with Gasteiger partial charge in [-0.25, -0.2) is 18.4 Å². The Morgan fingerprint density at radius 2 is 1.76 bits per heavy atom. The van der Waals surface area contributed by atoms with Crippen LogP contribution in [-0.4, -0.2) is 83.6 Å². The lowest BCUT2D eigenvalue weighted by atomic mass is 9.85. The van der Waals surface area contributed by atoms with Gasteiger partial charge in [0.1, 0.15) is 29.5 Å². The molecule has 13 nitrogen and oxygen atoms in total. The van der Waals surface area contributed by atoms with Crippen LogP contribution in [0.15, 0.2) is 60.6 Å². The zero-order chi connectivity index (χ0) is 41.0. The summed E-state index contributed by atoms with van der Waals surface area (Å²) in [7, 11) is -2.38. The maximum absolute atomic E-state index is 14.9. The number of benzene rings is 2. The van der Waals surface area contributed by atoms with Gasteiger partial charge in [-0.15, -0.1) is 42.7 Å². The van der Waals surface area contributed by atoms with Crippen molar-refractivity contribution in [3.05, 3.63) is 75.7 Å². The molecule has 0 bridgehead atoms. The van der Waals surface area contributed by atoms with Gasteiger partial charge in [0.2, 0.25) is 27.7 Å². The first-order chi connectivity index (χ1) is 26.9. The summed E-state index contributed by atoms with van der Waals surface area (Å²) in [5, 5.41) is 10.4. The number of sulfonamides is 1. The van der Waals surface area contributed by atoms with E-state index in [0.717, 1.165) is 0 Å². The maximum Gasteiger partial charge on any atom is 0.259 e. The Bertz CT molecular complexity index is 2390. The molecule has 318 valence electrons. The van der Waals surface area contributed by atoms with Gasteiger partial charge in [-0.05, 0) is 61.1 Å². The second-order valence-corrected chi connectivity index (χ2v) is 19.7. The molecule has 1 saturated heterocycles. The second-order valence-electron chi connectivity index (χ2n) is 15.6. The summed E-state index contributed by atoms with van der Waals surface area (Å²) in [5.41, 5.74) is -1.07. The van der Waals surface area contributed by atoms with E-state index in [4.69, 9.17) is 49.3 Å². The number of thiazole rings is 1. The zero-order valence-electron chi connectivity index (χ0n) is 32.3. The first kappa shape index (κ1) is 46.5. The Hall–Kier alpha value is -3.57. The van der Waals surface area contributed by atoms with E-state index in [-0.39, 0.29) is 50.1 Å². The zero-order valence-corrected chi connectivity index (χ0v) is 37.8. The van der Waals surface area contributed by atoms with Crippen LogP contribution in [0.25, 0.3) is 22.0 Å². The highest BCUT2D eigenvalue weighted by Gasteiger charge is 2.62. The number of likely N-dealkylation sites (tertiary alicyclic amines) is 1. The van der Waals surface area contributed by atoms with Crippen molar-refractivity contribution in [2.45, 2.75) is 75.4 Å². The Morgan fingerprint density at radius 3 is 2.41 bits per heavy atom. The number of carbonyl (C=O) groups is 3. The Labute approximate surface area is 373 Å². The fourth-order valence-electron chi connectivity index (χ4n) is 7.07. The van der Waals surface area contributed by atoms with Crippen LogP contribution in [0.1, 0.15) is 46.5 Å². The van der Waals surface area contributed by atoms with Gasteiger partial charge >= 0.3 is 0 Å². The van der Waals surface area contributed by atoms with Gasteiger partial charge in [0.05, 0.1) is 35.8 Å². The highest BCUT2D eigenvalue weighted by molar-refractivity contribution is 7.91. The fraction of sp³-hybridized carbons (Fsp3) is 0.410. The first-order valence-electron chi connectivity index (χ1n) is 18.2. The molecule has 2 aromatic heterocycles. The molecule has 7 rings (SSSR count). The monoisotopic (exact) mass is 946 g/mol. The summed E-state index contributed by atoms with van der Waals surface area (Å²) in [4.78, 5) is 53.6. The Balaban J connectivity index is 0.00000331. The molecule has 2 aromatic carbocycles. The normalized spacial score (nSPS) is 21.7. The number of amides is 3. The largest absolute Gasteiger partial charge is 0.494 e. The van der Waals surface area contributed by atoms with Gasteiger partial charge in [-0.1, -0.05) is 61.7 Å². The number of fused-ring (bicyclic) bond motifs is 1. The Kier molecular flexibility index (Phi) is 14.0. The van der Waals surface area contributed by atoms with E-state index in [1.54, 1.807) is 41.8 Å². The molecule has 20 heteroatoms. The van der Waals surface area contributed by atoms with Gasteiger partial charge in [0.25, 0.3) is 5.91 Å². The third-order valence-electron chi connectivity index (χ3n) is 10.5. The highest BCUT2D eigenvalue weighted by Crippen LogP contribution is 2.46. The van der Waals surface area contributed by atoms with Crippen LogP contribution in [0.5, 0.6) is 11.6 Å². The molecule has 3 N–H and O–H groups in total. The van der Waals surface area contributed by atoms with Crippen molar-refractivity contribution in [2.75, 3.05) is 19.0 Å². The Morgan fingerprint density at radius 1 is 1.07 bits per heavy atom. The molecule has 0 unspecified atom stereocenters.